The van der Waals surface area contributed by atoms with Crippen LogP contribution in [-0.2, 0) is 6.54 Å². The van der Waals surface area contributed by atoms with E-state index in [1.165, 1.54) is 0 Å². The SMILES string of the molecule is COc1cccc(Cn2c(C)ccc(C(N)=S)c2=O)n1. The molecular formula is C14H15N3O2S. The predicted octanol–water partition coefficient (Wildman–Crippen LogP) is 1.24. The van der Waals surface area contributed by atoms with Crippen molar-refractivity contribution in [3.8, 4) is 5.88 Å². The molecule has 5 nitrogen and oxygen atoms in total. The highest BCUT2D eigenvalue weighted by Gasteiger charge is 2.09. The van der Waals surface area contributed by atoms with E-state index in [2.05, 4.69) is 4.98 Å². The van der Waals surface area contributed by atoms with Crippen molar-refractivity contribution >= 4 is 17.2 Å². The van der Waals surface area contributed by atoms with Gasteiger partial charge in [-0.1, -0.05) is 18.3 Å². The number of pyridine rings is 2. The fourth-order valence-corrected chi connectivity index (χ4v) is 2.03. The number of methoxy groups -OCH3 is 1. The average Bonchev–Trinajstić information content (AvgIpc) is 2.43. The maximum atomic E-state index is 12.3. The molecule has 6 heteroatoms. The molecule has 2 aromatic heterocycles. The van der Waals surface area contributed by atoms with Gasteiger partial charge in [0, 0.05) is 11.8 Å². The molecule has 2 aromatic rings. The molecule has 0 spiro atoms. The van der Waals surface area contributed by atoms with Crippen LogP contribution < -0.4 is 16.0 Å². The van der Waals surface area contributed by atoms with Crippen LogP contribution in [0.1, 0.15) is 17.0 Å². The molecule has 2 rings (SSSR count). The number of nitrogens with two attached hydrogens (primary N) is 1. The molecule has 0 radical (unpaired) electrons. The monoisotopic (exact) mass is 289 g/mol. The van der Waals surface area contributed by atoms with Crippen LogP contribution in [0.5, 0.6) is 5.88 Å². The molecule has 0 bridgehead atoms. The summed E-state index contributed by atoms with van der Waals surface area (Å²) in [6.45, 7) is 2.20. The Kier molecular flexibility index (Phi) is 4.14. The third kappa shape index (κ3) is 2.85. The highest BCUT2D eigenvalue weighted by molar-refractivity contribution is 7.80. The third-order valence-electron chi connectivity index (χ3n) is 2.97. The average molecular weight is 289 g/mol. The molecular weight excluding hydrogens is 274 g/mol. The topological polar surface area (TPSA) is 70.1 Å². The summed E-state index contributed by atoms with van der Waals surface area (Å²) < 4.78 is 6.67. The minimum atomic E-state index is -0.206. The van der Waals surface area contributed by atoms with Gasteiger partial charge in [0.15, 0.2) is 0 Å². The van der Waals surface area contributed by atoms with E-state index in [4.69, 9.17) is 22.7 Å². The Balaban J connectivity index is 2.45. The van der Waals surface area contributed by atoms with E-state index in [0.29, 0.717) is 18.0 Å². The second kappa shape index (κ2) is 5.83. The van der Waals surface area contributed by atoms with Crippen molar-refractivity contribution in [2.75, 3.05) is 7.11 Å². The first kappa shape index (κ1) is 14.2. The van der Waals surface area contributed by atoms with Crippen LogP contribution in [0, 0.1) is 6.92 Å². The van der Waals surface area contributed by atoms with Gasteiger partial charge in [0.1, 0.15) is 4.99 Å². The number of aromatic nitrogens is 2. The van der Waals surface area contributed by atoms with Gasteiger partial charge in [-0.3, -0.25) is 4.79 Å². The van der Waals surface area contributed by atoms with Crippen molar-refractivity contribution in [3.63, 3.8) is 0 Å². The largest absolute Gasteiger partial charge is 0.481 e. The quantitative estimate of drug-likeness (QED) is 0.858. The number of ether oxygens (including phenoxy) is 1. The second-order valence-electron chi connectivity index (χ2n) is 4.32. The molecule has 0 aromatic carbocycles. The molecule has 0 unspecified atom stereocenters. The molecule has 0 amide bonds. The van der Waals surface area contributed by atoms with Crippen molar-refractivity contribution in [3.05, 3.63) is 57.6 Å². The molecule has 104 valence electrons. The van der Waals surface area contributed by atoms with Crippen molar-refractivity contribution in [2.24, 2.45) is 5.73 Å². The summed E-state index contributed by atoms with van der Waals surface area (Å²) in [6.07, 6.45) is 0. The van der Waals surface area contributed by atoms with E-state index >= 15 is 0 Å². The molecule has 0 fully saturated rings. The maximum absolute atomic E-state index is 12.3. The summed E-state index contributed by atoms with van der Waals surface area (Å²) in [6, 6.07) is 8.89. The summed E-state index contributed by atoms with van der Waals surface area (Å²) in [5.74, 6) is 0.513. The van der Waals surface area contributed by atoms with Crippen molar-refractivity contribution in [1.82, 2.24) is 9.55 Å². The van der Waals surface area contributed by atoms with Crippen LogP contribution in [0.15, 0.2) is 35.1 Å². The van der Waals surface area contributed by atoms with E-state index in [9.17, 15) is 4.79 Å². The summed E-state index contributed by atoms with van der Waals surface area (Å²) in [4.78, 5) is 16.7. The number of thiocarbonyl (C=S) groups is 1. The van der Waals surface area contributed by atoms with E-state index in [1.807, 2.05) is 25.1 Å². The van der Waals surface area contributed by atoms with Gasteiger partial charge in [0.25, 0.3) is 5.56 Å². The molecule has 0 aliphatic rings. The minimum Gasteiger partial charge on any atom is -0.481 e. The van der Waals surface area contributed by atoms with Crippen LogP contribution >= 0.6 is 12.2 Å². The van der Waals surface area contributed by atoms with Crippen molar-refractivity contribution < 1.29 is 4.74 Å². The zero-order valence-electron chi connectivity index (χ0n) is 11.3. The lowest BCUT2D eigenvalue weighted by Gasteiger charge is -2.11. The van der Waals surface area contributed by atoms with Gasteiger partial charge in [-0.25, -0.2) is 4.98 Å². The van der Waals surface area contributed by atoms with Gasteiger partial charge in [-0.2, -0.15) is 0 Å². The first-order valence-corrected chi connectivity index (χ1v) is 6.44. The van der Waals surface area contributed by atoms with Crippen molar-refractivity contribution in [1.29, 1.82) is 0 Å². The van der Waals surface area contributed by atoms with Crippen LogP contribution in [-0.4, -0.2) is 21.6 Å². The van der Waals surface area contributed by atoms with E-state index in [-0.39, 0.29) is 10.5 Å². The van der Waals surface area contributed by atoms with Crippen LogP contribution in [0.25, 0.3) is 0 Å². The van der Waals surface area contributed by atoms with E-state index in [0.717, 1.165) is 11.4 Å². The Bertz CT molecular complexity index is 710. The van der Waals surface area contributed by atoms with Gasteiger partial charge in [0.05, 0.1) is 24.9 Å². The Morgan fingerprint density at radius 2 is 2.15 bits per heavy atom. The van der Waals surface area contributed by atoms with Gasteiger partial charge in [-0.05, 0) is 25.1 Å². The zero-order valence-corrected chi connectivity index (χ0v) is 12.1. The minimum absolute atomic E-state index is 0.0994. The molecule has 2 heterocycles. The predicted molar refractivity (Wildman–Crippen MR) is 81.2 cm³/mol. The smallest absolute Gasteiger partial charge is 0.261 e. The first-order valence-electron chi connectivity index (χ1n) is 6.03. The van der Waals surface area contributed by atoms with Gasteiger partial charge in [-0.15, -0.1) is 0 Å². The number of hydrogen-bond acceptors (Lipinski definition) is 4. The summed E-state index contributed by atoms with van der Waals surface area (Å²) in [5.41, 5.74) is 7.24. The number of rotatable bonds is 4. The lowest BCUT2D eigenvalue weighted by molar-refractivity contribution is 0.395. The molecule has 0 aliphatic carbocycles. The van der Waals surface area contributed by atoms with E-state index in [1.54, 1.807) is 23.8 Å². The molecule has 0 saturated heterocycles. The normalized spacial score (nSPS) is 10.3. The summed E-state index contributed by atoms with van der Waals surface area (Å²) >= 11 is 4.89. The third-order valence-corrected chi connectivity index (χ3v) is 3.19. The van der Waals surface area contributed by atoms with Crippen molar-refractivity contribution in [2.45, 2.75) is 13.5 Å². The Morgan fingerprint density at radius 3 is 2.80 bits per heavy atom. The summed E-state index contributed by atoms with van der Waals surface area (Å²) in [7, 11) is 1.55. The fourth-order valence-electron chi connectivity index (χ4n) is 1.88. The fraction of sp³-hybridized carbons (Fsp3) is 0.214. The molecule has 0 aliphatic heterocycles. The number of hydrogen-bond donors (Lipinski definition) is 1. The molecule has 20 heavy (non-hydrogen) atoms. The number of nitrogens with zero attached hydrogens (tertiary/aromatic N) is 2. The van der Waals surface area contributed by atoms with Gasteiger partial charge < -0.3 is 15.0 Å². The first-order chi connectivity index (χ1) is 9.52. The zero-order chi connectivity index (χ0) is 14.7. The Morgan fingerprint density at radius 1 is 1.40 bits per heavy atom. The standard InChI is InChI=1S/C14H15N3O2S/c1-9-6-7-11(13(15)20)14(18)17(9)8-10-4-3-5-12(16-10)19-2/h3-7H,8H2,1-2H3,(H2,15,20). The number of aryl methyl sites for hydroxylation is 1. The lowest BCUT2D eigenvalue weighted by Crippen LogP contribution is -2.30. The Labute approximate surface area is 122 Å². The van der Waals surface area contributed by atoms with Crippen LogP contribution in [0.4, 0.5) is 0 Å². The highest BCUT2D eigenvalue weighted by atomic mass is 32.1. The molecule has 0 saturated carbocycles. The molecule has 0 atom stereocenters. The summed E-state index contributed by atoms with van der Waals surface area (Å²) in [5, 5.41) is 0. The van der Waals surface area contributed by atoms with Crippen LogP contribution in [0.3, 0.4) is 0 Å². The van der Waals surface area contributed by atoms with Crippen LogP contribution in [0.2, 0.25) is 0 Å². The van der Waals surface area contributed by atoms with E-state index < -0.39 is 0 Å². The molecule has 2 N–H and O–H groups in total. The highest BCUT2D eigenvalue weighted by Crippen LogP contribution is 2.09. The maximum Gasteiger partial charge on any atom is 0.261 e. The lowest BCUT2D eigenvalue weighted by atomic mass is 10.2. The Hall–Kier alpha value is -2.21. The van der Waals surface area contributed by atoms with Gasteiger partial charge in [0.2, 0.25) is 5.88 Å². The second-order valence-corrected chi connectivity index (χ2v) is 4.76. The van der Waals surface area contributed by atoms with Gasteiger partial charge >= 0.3 is 0 Å².